The molecule has 0 radical (unpaired) electrons. The van der Waals surface area contributed by atoms with Crippen molar-refractivity contribution < 1.29 is 13.6 Å². The van der Waals surface area contributed by atoms with Gasteiger partial charge in [0.05, 0.1) is 30.7 Å². The molecule has 0 unspecified atom stereocenters. The van der Waals surface area contributed by atoms with Gasteiger partial charge < -0.3 is 9.32 Å². The number of rotatable bonds is 8. The normalized spacial score (nSPS) is 10.9. The molecule has 1 amide bonds. The number of carbonyl (C=O) groups is 1. The maximum Gasteiger partial charge on any atom is 0.233 e. The van der Waals surface area contributed by atoms with Crippen LogP contribution >= 0.6 is 11.8 Å². The molecule has 8 heteroatoms. The van der Waals surface area contributed by atoms with E-state index in [2.05, 4.69) is 10.2 Å². The molecule has 0 aliphatic heterocycles. The lowest BCUT2D eigenvalue weighted by atomic mass is 10.2. The second kappa shape index (κ2) is 9.61. The molecule has 0 atom stereocenters. The highest BCUT2D eigenvalue weighted by Gasteiger charge is 2.19. The number of carbonyl (C=O) groups excluding carboxylic acids is 1. The first-order valence-corrected chi connectivity index (χ1v) is 10.7. The number of thioether (sulfide) groups is 1. The van der Waals surface area contributed by atoms with E-state index in [0.29, 0.717) is 29.6 Å². The molecule has 6 nitrogen and oxygen atoms in total. The molecular formula is C23H21FN4O2S. The van der Waals surface area contributed by atoms with Gasteiger partial charge in [0.25, 0.3) is 0 Å². The summed E-state index contributed by atoms with van der Waals surface area (Å²) in [4.78, 5) is 14.2. The van der Waals surface area contributed by atoms with Crippen molar-refractivity contribution in [1.82, 2.24) is 19.7 Å². The Hall–Kier alpha value is -3.39. The third-order valence-electron chi connectivity index (χ3n) is 4.74. The maximum atomic E-state index is 14.4. The Labute approximate surface area is 183 Å². The molecule has 0 saturated carbocycles. The lowest BCUT2D eigenvalue weighted by Gasteiger charge is -2.15. The second-order valence-electron chi connectivity index (χ2n) is 6.98. The van der Waals surface area contributed by atoms with Crippen molar-refractivity contribution >= 4 is 17.7 Å². The van der Waals surface area contributed by atoms with Gasteiger partial charge in [-0.15, -0.1) is 10.2 Å². The second-order valence-corrected chi connectivity index (χ2v) is 7.92. The number of halogens is 1. The molecule has 0 spiro atoms. The molecular weight excluding hydrogens is 415 g/mol. The van der Waals surface area contributed by atoms with Crippen molar-refractivity contribution in [2.45, 2.75) is 18.2 Å². The Morgan fingerprint density at radius 2 is 1.84 bits per heavy atom. The first-order chi connectivity index (χ1) is 15.1. The lowest BCUT2D eigenvalue weighted by Crippen LogP contribution is -2.27. The van der Waals surface area contributed by atoms with Crippen LogP contribution in [0.25, 0.3) is 11.4 Å². The van der Waals surface area contributed by atoms with Crippen molar-refractivity contribution in [2.75, 3.05) is 12.8 Å². The first kappa shape index (κ1) is 20.9. The number of hydrogen-bond acceptors (Lipinski definition) is 5. The van der Waals surface area contributed by atoms with Crippen molar-refractivity contribution in [3.05, 3.63) is 90.1 Å². The van der Waals surface area contributed by atoms with Crippen LogP contribution in [0.15, 0.2) is 82.6 Å². The van der Waals surface area contributed by atoms with E-state index in [1.807, 2.05) is 41.0 Å². The minimum atomic E-state index is -0.366. The average Bonchev–Trinajstić information content (AvgIpc) is 3.43. The number of benzene rings is 2. The molecule has 0 saturated heterocycles. The van der Waals surface area contributed by atoms with E-state index in [1.54, 1.807) is 42.5 Å². The largest absolute Gasteiger partial charge is 0.467 e. The standard InChI is InChI=1S/C23H21FN4O2S/c1-27(15-18-10-7-13-30-18)21(29)16-31-23-26-25-22(19-11-5-6-12-20(19)24)28(23)14-17-8-3-2-4-9-17/h2-13H,14-16H2,1H3. The molecule has 0 N–H and O–H groups in total. The molecule has 31 heavy (non-hydrogen) atoms. The van der Waals surface area contributed by atoms with Gasteiger partial charge in [0, 0.05) is 7.05 Å². The van der Waals surface area contributed by atoms with Gasteiger partial charge in [0.15, 0.2) is 11.0 Å². The maximum absolute atomic E-state index is 14.4. The first-order valence-electron chi connectivity index (χ1n) is 9.73. The highest BCUT2D eigenvalue weighted by Crippen LogP contribution is 2.27. The minimum absolute atomic E-state index is 0.0666. The Kier molecular flexibility index (Phi) is 6.47. The van der Waals surface area contributed by atoms with Crippen molar-refractivity contribution in [2.24, 2.45) is 0 Å². The van der Waals surface area contributed by atoms with Crippen LogP contribution in [0.4, 0.5) is 4.39 Å². The summed E-state index contributed by atoms with van der Waals surface area (Å²) < 4.78 is 21.6. The molecule has 4 aromatic rings. The summed E-state index contributed by atoms with van der Waals surface area (Å²) in [5, 5.41) is 9.05. The molecule has 2 heterocycles. The highest BCUT2D eigenvalue weighted by molar-refractivity contribution is 7.99. The van der Waals surface area contributed by atoms with E-state index in [9.17, 15) is 9.18 Å². The van der Waals surface area contributed by atoms with Gasteiger partial charge in [-0.3, -0.25) is 9.36 Å². The van der Waals surface area contributed by atoms with Crippen molar-refractivity contribution in [3.8, 4) is 11.4 Å². The van der Waals surface area contributed by atoms with Crippen LogP contribution in [0.1, 0.15) is 11.3 Å². The quantitative estimate of drug-likeness (QED) is 0.381. The fourth-order valence-corrected chi connectivity index (χ4v) is 3.99. The van der Waals surface area contributed by atoms with Gasteiger partial charge in [-0.05, 0) is 29.8 Å². The van der Waals surface area contributed by atoms with Crippen molar-refractivity contribution in [3.63, 3.8) is 0 Å². The topological polar surface area (TPSA) is 64.2 Å². The van der Waals surface area contributed by atoms with Crippen LogP contribution in [0.3, 0.4) is 0 Å². The molecule has 0 bridgehead atoms. The van der Waals surface area contributed by atoms with Crippen LogP contribution in [0, 0.1) is 5.82 Å². The van der Waals surface area contributed by atoms with E-state index in [0.717, 1.165) is 11.3 Å². The van der Waals surface area contributed by atoms with Crippen LogP contribution in [-0.4, -0.2) is 38.4 Å². The Bertz CT molecular complexity index is 1150. The third-order valence-corrected chi connectivity index (χ3v) is 5.69. The summed E-state index contributed by atoms with van der Waals surface area (Å²) in [6, 6.07) is 19.9. The third kappa shape index (κ3) is 5.03. The van der Waals surface area contributed by atoms with E-state index in [-0.39, 0.29) is 17.5 Å². The number of furan rings is 1. The number of aromatic nitrogens is 3. The molecule has 0 aliphatic rings. The summed E-state index contributed by atoms with van der Waals surface area (Å²) in [6.07, 6.45) is 1.58. The smallest absolute Gasteiger partial charge is 0.233 e. The molecule has 2 aromatic carbocycles. The van der Waals surface area contributed by atoms with Gasteiger partial charge >= 0.3 is 0 Å². The molecule has 158 valence electrons. The summed E-state index contributed by atoms with van der Waals surface area (Å²) in [5.41, 5.74) is 1.40. The van der Waals surface area contributed by atoms with E-state index >= 15 is 0 Å². The SMILES string of the molecule is CN(Cc1ccco1)C(=O)CSc1nnc(-c2ccccc2F)n1Cc1ccccc1. The van der Waals surface area contributed by atoms with Crippen LogP contribution in [-0.2, 0) is 17.9 Å². The molecule has 0 fully saturated rings. The number of nitrogens with zero attached hydrogens (tertiary/aromatic N) is 4. The average molecular weight is 437 g/mol. The summed E-state index contributed by atoms with van der Waals surface area (Å²) in [7, 11) is 1.73. The Morgan fingerprint density at radius 1 is 1.06 bits per heavy atom. The van der Waals surface area contributed by atoms with Crippen LogP contribution in [0.5, 0.6) is 0 Å². The zero-order chi connectivity index (χ0) is 21.6. The van der Waals surface area contributed by atoms with E-state index in [1.165, 1.54) is 17.8 Å². The van der Waals surface area contributed by atoms with Gasteiger partial charge in [0.1, 0.15) is 11.6 Å². The highest BCUT2D eigenvalue weighted by atomic mass is 32.2. The van der Waals surface area contributed by atoms with Crippen LogP contribution in [0.2, 0.25) is 0 Å². The minimum Gasteiger partial charge on any atom is -0.467 e. The van der Waals surface area contributed by atoms with Gasteiger partial charge in [-0.1, -0.05) is 54.2 Å². The lowest BCUT2D eigenvalue weighted by molar-refractivity contribution is -0.127. The summed E-state index contributed by atoms with van der Waals surface area (Å²) >= 11 is 1.28. The number of hydrogen-bond donors (Lipinski definition) is 0. The molecule has 2 aromatic heterocycles. The van der Waals surface area contributed by atoms with Crippen molar-refractivity contribution in [1.29, 1.82) is 0 Å². The Balaban J connectivity index is 1.55. The van der Waals surface area contributed by atoms with Gasteiger partial charge in [-0.2, -0.15) is 0 Å². The fraction of sp³-hybridized carbons (Fsp3) is 0.174. The zero-order valence-corrected chi connectivity index (χ0v) is 17.8. The predicted molar refractivity (Wildman–Crippen MR) is 117 cm³/mol. The zero-order valence-electron chi connectivity index (χ0n) is 16.9. The monoisotopic (exact) mass is 436 g/mol. The van der Waals surface area contributed by atoms with Gasteiger partial charge in [0.2, 0.25) is 5.91 Å². The summed E-state index contributed by atoms with van der Waals surface area (Å²) in [5.74, 6) is 0.899. The van der Waals surface area contributed by atoms with Gasteiger partial charge in [-0.25, -0.2) is 4.39 Å². The van der Waals surface area contributed by atoms with E-state index in [4.69, 9.17) is 4.42 Å². The Morgan fingerprint density at radius 3 is 2.58 bits per heavy atom. The fourth-order valence-electron chi connectivity index (χ4n) is 3.11. The van der Waals surface area contributed by atoms with E-state index < -0.39 is 0 Å². The van der Waals surface area contributed by atoms with Crippen LogP contribution < -0.4 is 0 Å². The molecule has 0 aliphatic carbocycles. The summed E-state index contributed by atoms with van der Waals surface area (Å²) in [6.45, 7) is 0.861. The molecule has 4 rings (SSSR count). The predicted octanol–water partition coefficient (Wildman–Crippen LogP) is 4.48. The number of amides is 1.